The molecule has 3 aromatic carbocycles. The van der Waals surface area contributed by atoms with Crippen molar-refractivity contribution in [1.29, 1.82) is 5.26 Å². The Bertz CT molecular complexity index is 1300. The number of thiazole rings is 1. The van der Waals surface area contributed by atoms with E-state index in [0.717, 1.165) is 21.6 Å². The van der Waals surface area contributed by atoms with Gasteiger partial charge in [0.2, 0.25) is 4.80 Å². The maximum absolute atomic E-state index is 8.98. The molecular formula is C26H20N4S. The van der Waals surface area contributed by atoms with Crippen molar-refractivity contribution >= 4 is 17.6 Å². The maximum Gasteiger partial charge on any atom is 0.206 e. The molecule has 5 heteroatoms. The van der Waals surface area contributed by atoms with Crippen molar-refractivity contribution in [2.24, 2.45) is 10.1 Å². The zero-order valence-corrected chi connectivity index (χ0v) is 17.7. The predicted octanol–water partition coefficient (Wildman–Crippen LogP) is 5.72. The first-order valence-electron chi connectivity index (χ1n) is 9.81. The number of nitriles is 1. The van der Waals surface area contributed by atoms with Crippen molar-refractivity contribution in [2.45, 2.75) is 0 Å². The summed E-state index contributed by atoms with van der Waals surface area (Å²) in [6.07, 6.45) is 3.55. The first kappa shape index (κ1) is 20.3. The van der Waals surface area contributed by atoms with Crippen LogP contribution in [-0.2, 0) is 0 Å². The fourth-order valence-corrected chi connectivity index (χ4v) is 3.94. The van der Waals surface area contributed by atoms with E-state index in [1.807, 2.05) is 35.0 Å². The summed E-state index contributed by atoms with van der Waals surface area (Å²) in [5, 5.41) is 15.7. The van der Waals surface area contributed by atoms with Crippen LogP contribution in [0, 0.1) is 11.3 Å². The van der Waals surface area contributed by atoms with Crippen molar-refractivity contribution in [3.05, 3.63) is 113 Å². The largest absolute Gasteiger partial charge is 0.253 e. The molecule has 1 aromatic heterocycles. The zero-order chi connectivity index (χ0) is 21.5. The van der Waals surface area contributed by atoms with Gasteiger partial charge in [-0.25, -0.2) is 4.68 Å². The molecule has 0 saturated carbocycles. The van der Waals surface area contributed by atoms with Crippen LogP contribution in [0.15, 0.2) is 107 Å². The lowest BCUT2D eigenvalue weighted by molar-refractivity contribution is 0.840. The van der Waals surface area contributed by atoms with E-state index in [1.165, 1.54) is 11.1 Å². The van der Waals surface area contributed by atoms with Gasteiger partial charge < -0.3 is 0 Å². The lowest BCUT2D eigenvalue weighted by Gasteiger charge is -2.06. The summed E-state index contributed by atoms with van der Waals surface area (Å²) in [4.78, 5) is 5.38. The Balaban J connectivity index is 1.71. The molecule has 4 rings (SSSR count). The molecule has 0 saturated heterocycles. The summed E-state index contributed by atoms with van der Waals surface area (Å²) in [7, 11) is 0. The lowest BCUT2D eigenvalue weighted by atomic mass is 10.0. The van der Waals surface area contributed by atoms with Gasteiger partial charge >= 0.3 is 0 Å². The topological polar surface area (TPSA) is 53.4 Å². The molecule has 0 amide bonds. The second-order valence-corrected chi connectivity index (χ2v) is 7.60. The number of rotatable bonds is 6. The second-order valence-electron chi connectivity index (χ2n) is 6.77. The monoisotopic (exact) mass is 420 g/mol. The quantitative estimate of drug-likeness (QED) is 0.290. The molecule has 4 nitrogen and oxygen atoms in total. The summed E-state index contributed by atoms with van der Waals surface area (Å²) in [5.74, 6) is 0. The minimum atomic E-state index is 0.527. The summed E-state index contributed by atoms with van der Waals surface area (Å²) < 4.78 is 1.85. The summed E-state index contributed by atoms with van der Waals surface area (Å²) in [6, 6.07) is 28.2. The minimum Gasteiger partial charge on any atom is -0.253 e. The molecule has 0 aliphatic rings. The van der Waals surface area contributed by atoms with Crippen LogP contribution in [0.2, 0.25) is 0 Å². The van der Waals surface area contributed by atoms with Crippen LogP contribution in [0.3, 0.4) is 0 Å². The van der Waals surface area contributed by atoms with Crippen LogP contribution in [0.4, 0.5) is 0 Å². The molecule has 0 aliphatic heterocycles. The van der Waals surface area contributed by atoms with Gasteiger partial charge in [0.05, 0.1) is 30.1 Å². The molecule has 0 unspecified atom stereocenters. The summed E-state index contributed by atoms with van der Waals surface area (Å²) in [6.45, 7) is 4.28. The molecule has 0 fully saturated rings. The van der Waals surface area contributed by atoms with Crippen molar-refractivity contribution in [1.82, 2.24) is 4.68 Å². The van der Waals surface area contributed by atoms with Gasteiger partial charge in [0.25, 0.3) is 0 Å². The normalized spacial score (nSPS) is 11.5. The number of benzene rings is 3. The smallest absolute Gasteiger partial charge is 0.206 e. The zero-order valence-electron chi connectivity index (χ0n) is 16.8. The van der Waals surface area contributed by atoms with Gasteiger partial charge in [0.1, 0.15) is 0 Å². The van der Waals surface area contributed by atoms with Gasteiger partial charge in [-0.15, -0.1) is 17.9 Å². The van der Waals surface area contributed by atoms with E-state index >= 15 is 0 Å². The third kappa shape index (κ3) is 4.77. The van der Waals surface area contributed by atoms with Gasteiger partial charge in [-0.2, -0.15) is 10.4 Å². The highest BCUT2D eigenvalue weighted by Gasteiger charge is 2.08. The predicted molar refractivity (Wildman–Crippen MR) is 128 cm³/mol. The Morgan fingerprint density at radius 1 is 0.903 bits per heavy atom. The lowest BCUT2D eigenvalue weighted by Crippen LogP contribution is -2.12. The van der Waals surface area contributed by atoms with Crippen LogP contribution in [0.1, 0.15) is 11.1 Å². The van der Waals surface area contributed by atoms with Crippen LogP contribution >= 0.6 is 11.3 Å². The van der Waals surface area contributed by atoms with Gasteiger partial charge in [0.15, 0.2) is 0 Å². The van der Waals surface area contributed by atoms with Crippen LogP contribution in [-0.4, -0.2) is 17.4 Å². The Morgan fingerprint density at radius 2 is 1.58 bits per heavy atom. The SMILES string of the molecule is C=CCN=c1scc(-c2ccc(-c3ccccc3)cc2)n1/N=C\c1ccc(C#N)cc1. The average Bonchev–Trinajstić information content (AvgIpc) is 3.25. The number of aromatic nitrogens is 1. The number of hydrogen-bond acceptors (Lipinski definition) is 4. The number of nitrogens with zero attached hydrogens (tertiary/aromatic N) is 4. The molecule has 1 heterocycles. The summed E-state index contributed by atoms with van der Waals surface area (Å²) >= 11 is 1.54. The van der Waals surface area contributed by atoms with Crippen LogP contribution < -0.4 is 4.80 Å². The Hall–Kier alpha value is -4.01. The third-order valence-corrected chi connectivity index (χ3v) is 5.54. The highest BCUT2D eigenvalue weighted by Crippen LogP contribution is 2.25. The Kier molecular flexibility index (Phi) is 6.32. The van der Waals surface area contributed by atoms with Gasteiger partial charge in [-0.05, 0) is 28.8 Å². The fourth-order valence-electron chi connectivity index (χ4n) is 3.09. The van der Waals surface area contributed by atoms with Crippen LogP contribution in [0.25, 0.3) is 22.4 Å². The molecule has 0 atom stereocenters. The average molecular weight is 421 g/mol. The number of hydrogen-bond donors (Lipinski definition) is 0. The van der Waals surface area contributed by atoms with Crippen LogP contribution in [0.5, 0.6) is 0 Å². The Labute approximate surface area is 185 Å². The van der Waals surface area contributed by atoms with Crippen molar-refractivity contribution in [3.63, 3.8) is 0 Å². The van der Waals surface area contributed by atoms with Gasteiger partial charge in [-0.3, -0.25) is 4.99 Å². The molecule has 0 N–H and O–H groups in total. The molecule has 0 spiro atoms. The van der Waals surface area contributed by atoms with E-state index in [-0.39, 0.29) is 0 Å². The van der Waals surface area contributed by atoms with E-state index in [9.17, 15) is 0 Å². The molecule has 0 radical (unpaired) electrons. The summed E-state index contributed by atoms with van der Waals surface area (Å²) in [5.41, 5.74) is 5.93. The third-order valence-electron chi connectivity index (χ3n) is 4.69. The van der Waals surface area contributed by atoms with E-state index in [1.54, 1.807) is 35.8 Å². The molecule has 4 aromatic rings. The second kappa shape index (κ2) is 9.66. The van der Waals surface area contributed by atoms with Crippen molar-refractivity contribution < 1.29 is 0 Å². The Morgan fingerprint density at radius 3 is 2.26 bits per heavy atom. The standard InChI is InChI=1S/C26H20N4S/c1-2-16-28-26-30(29-18-21-10-8-20(17-27)9-11-21)25(19-31-26)24-14-12-23(13-15-24)22-6-4-3-5-7-22/h2-15,18-19H,1,16H2/b28-26?,29-18-. The highest BCUT2D eigenvalue weighted by atomic mass is 32.1. The molecular weight excluding hydrogens is 400 g/mol. The van der Waals surface area contributed by atoms with Gasteiger partial charge in [0, 0.05) is 10.9 Å². The van der Waals surface area contributed by atoms with E-state index < -0.39 is 0 Å². The molecule has 150 valence electrons. The van der Waals surface area contributed by atoms with Gasteiger partial charge in [-0.1, -0.05) is 72.8 Å². The molecule has 31 heavy (non-hydrogen) atoms. The maximum atomic E-state index is 8.98. The van der Waals surface area contributed by atoms with Crippen molar-refractivity contribution in [2.75, 3.05) is 6.54 Å². The highest BCUT2D eigenvalue weighted by molar-refractivity contribution is 7.07. The fraction of sp³-hybridized carbons (Fsp3) is 0.0385. The molecule has 0 bridgehead atoms. The molecule has 0 aliphatic carbocycles. The van der Waals surface area contributed by atoms with E-state index in [2.05, 4.69) is 59.4 Å². The van der Waals surface area contributed by atoms with E-state index in [4.69, 9.17) is 10.4 Å². The first-order chi connectivity index (χ1) is 15.3. The van der Waals surface area contributed by atoms with E-state index in [0.29, 0.717) is 12.1 Å². The first-order valence-corrected chi connectivity index (χ1v) is 10.7. The minimum absolute atomic E-state index is 0.527. The van der Waals surface area contributed by atoms with Crippen molar-refractivity contribution in [3.8, 4) is 28.5 Å².